The summed E-state index contributed by atoms with van der Waals surface area (Å²) in [6, 6.07) is 21.2. The molecule has 2 aromatic carbocycles. The van der Waals surface area contributed by atoms with Gasteiger partial charge in [0.05, 0.1) is 30.0 Å². The number of esters is 1. The zero-order chi connectivity index (χ0) is 21.3. The van der Waals surface area contributed by atoms with Crippen molar-refractivity contribution in [2.75, 3.05) is 7.11 Å². The molecule has 6 nitrogen and oxygen atoms in total. The van der Waals surface area contributed by atoms with Crippen LogP contribution in [0.5, 0.6) is 0 Å². The lowest BCUT2D eigenvalue weighted by Gasteiger charge is -2.15. The van der Waals surface area contributed by atoms with E-state index in [0.29, 0.717) is 12.1 Å². The van der Waals surface area contributed by atoms with Gasteiger partial charge in [-0.15, -0.1) is 0 Å². The summed E-state index contributed by atoms with van der Waals surface area (Å²) >= 11 is 0. The van der Waals surface area contributed by atoms with Gasteiger partial charge >= 0.3 is 5.97 Å². The molecule has 0 amide bonds. The van der Waals surface area contributed by atoms with Gasteiger partial charge in [0.15, 0.2) is 0 Å². The Balaban J connectivity index is 2.10. The average Bonchev–Trinajstić information content (AvgIpc) is 3.11. The van der Waals surface area contributed by atoms with E-state index in [9.17, 15) is 15.2 Å². The Labute approximate surface area is 173 Å². The molecule has 4 rings (SSSR count). The minimum atomic E-state index is -1.35. The van der Waals surface area contributed by atoms with E-state index in [4.69, 9.17) is 4.74 Å². The molecule has 2 aromatic heterocycles. The quantitative estimate of drug-likeness (QED) is 0.404. The Kier molecular flexibility index (Phi) is 5.05. The number of aliphatic hydroxyl groups excluding tert-OH is 1. The van der Waals surface area contributed by atoms with Crippen LogP contribution in [-0.2, 0) is 11.3 Å². The number of carbonyl (C=O) groups is 1. The van der Waals surface area contributed by atoms with E-state index in [-0.39, 0.29) is 17.0 Å². The molecule has 2 heterocycles. The number of pyridine rings is 1. The Morgan fingerprint density at radius 2 is 1.90 bits per heavy atom. The van der Waals surface area contributed by atoms with Crippen LogP contribution in [0.3, 0.4) is 0 Å². The van der Waals surface area contributed by atoms with E-state index in [0.717, 1.165) is 21.9 Å². The number of hydrogen-bond acceptors (Lipinski definition) is 5. The lowest BCUT2D eigenvalue weighted by Crippen LogP contribution is -2.12. The molecule has 1 atom stereocenters. The third-order valence-electron chi connectivity index (χ3n) is 5.09. The molecular formula is C24H19N3O3. The standard InChI is InChI=1S/C24H19N3O3/c1-15(13-25)23(28)21-22-18(12-19(26-21)24(29)30-2)17-10-6-7-11-20(17)27(22)14-16-8-4-3-5-9-16/h3-12,23,28H,1,14H2,2H3. The molecule has 4 aromatic rings. The number of benzene rings is 2. The molecule has 0 bridgehead atoms. The van der Waals surface area contributed by atoms with Crippen molar-refractivity contribution < 1.29 is 14.6 Å². The van der Waals surface area contributed by atoms with Gasteiger partial charge in [-0.05, 0) is 17.7 Å². The van der Waals surface area contributed by atoms with Gasteiger partial charge in [-0.2, -0.15) is 5.26 Å². The van der Waals surface area contributed by atoms with Gasteiger partial charge in [-0.3, -0.25) is 0 Å². The Morgan fingerprint density at radius 3 is 2.60 bits per heavy atom. The van der Waals surface area contributed by atoms with Crippen molar-refractivity contribution >= 4 is 27.8 Å². The number of nitriles is 1. The summed E-state index contributed by atoms with van der Waals surface area (Å²) in [5.74, 6) is -0.618. The van der Waals surface area contributed by atoms with Crippen molar-refractivity contribution in [3.05, 3.63) is 89.8 Å². The van der Waals surface area contributed by atoms with Crippen LogP contribution >= 0.6 is 0 Å². The number of rotatable bonds is 5. The topological polar surface area (TPSA) is 88.1 Å². The van der Waals surface area contributed by atoms with Crippen molar-refractivity contribution in [1.29, 1.82) is 5.26 Å². The van der Waals surface area contributed by atoms with Crippen LogP contribution in [0.25, 0.3) is 21.8 Å². The highest BCUT2D eigenvalue weighted by Gasteiger charge is 2.25. The molecule has 0 radical (unpaired) electrons. The Bertz CT molecular complexity index is 1320. The third kappa shape index (κ3) is 3.21. The first-order valence-electron chi connectivity index (χ1n) is 9.36. The number of methoxy groups -OCH3 is 1. The SMILES string of the molecule is C=C(C#N)C(O)c1nc(C(=O)OC)cc2c3ccccc3n(Cc3ccccc3)c12. The summed E-state index contributed by atoms with van der Waals surface area (Å²) in [5.41, 5.74) is 2.85. The van der Waals surface area contributed by atoms with Gasteiger partial charge in [0, 0.05) is 22.8 Å². The second-order valence-corrected chi connectivity index (χ2v) is 6.91. The van der Waals surface area contributed by atoms with Gasteiger partial charge in [-0.1, -0.05) is 55.1 Å². The first-order chi connectivity index (χ1) is 14.5. The van der Waals surface area contributed by atoms with Gasteiger partial charge in [-0.25, -0.2) is 9.78 Å². The van der Waals surface area contributed by atoms with Crippen molar-refractivity contribution in [2.24, 2.45) is 0 Å². The zero-order valence-electron chi connectivity index (χ0n) is 16.4. The van der Waals surface area contributed by atoms with E-state index >= 15 is 0 Å². The lowest BCUT2D eigenvalue weighted by atomic mass is 10.0. The summed E-state index contributed by atoms with van der Waals surface area (Å²) in [6.07, 6.45) is -1.35. The molecule has 0 aliphatic rings. The predicted octanol–water partition coefficient (Wildman–Crippen LogP) is 4.14. The van der Waals surface area contributed by atoms with Crippen LogP contribution in [0.4, 0.5) is 0 Å². The van der Waals surface area contributed by atoms with Gasteiger partial charge < -0.3 is 14.4 Å². The summed E-state index contributed by atoms with van der Waals surface area (Å²) in [5, 5.41) is 21.8. The van der Waals surface area contributed by atoms with Crippen LogP contribution in [0, 0.1) is 11.3 Å². The van der Waals surface area contributed by atoms with Gasteiger partial charge in [0.1, 0.15) is 11.8 Å². The average molecular weight is 397 g/mol. The first-order valence-corrected chi connectivity index (χ1v) is 9.36. The van der Waals surface area contributed by atoms with E-state index in [2.05, 4.69) is 11.6 Å². The highest BCUT2D eigenvalue weighted by Crippen LogP contribution is 2.35. The Hall–Kier alpha value is -3.95. The van der Waals surface area contributed by atoms with Crippen LogP contribution in [-0.4, -0.2) is 27.7 Å². The Morgan fingerprint density at radius 1 is 1.20 bits per heavy atom. The van der Waals surface area contributed by atoms with Crippen LogP contribution in [0.15, 0.2) is 72.8 Å². The van der Waals surface area contributed by atoms with Crippen molar-refractivity contribution in [3.63, 3.8) is 0 Å². The molecule has 0 fully saturated rings. The van der Waals surface area contributed by atoms with Crippen LogP contribution in [0.1, 0.15) is 27.8 Å². The summed E-state index contributed by atoms with van der Waals surface area (Å²) in [4.78, 5) is 16.6. The van der Waals surface area contributed by atoms with Gasteiger partial charge in [0.25, 0.3) is 0 Å². The normalized spacial score (nSPS) is 11.9. The van der Waals surface area contributed by atoms with Crippen molar-refractivity contribution in [3.8, 4) is 6.07 Å². The predicted molar refractivity (Wildman–Crippen MR) is 114 cm³/mol. The number of ether oxygens (including phenoxy) is 1. The highest BCUT2D eigenvalue weighted by molar-refractivity contribution is 6.10. The number of nitrogens with zero attached hydrogens (tertiary/aromatic N) is 3. The minimum Gasteiger partial charge on any atom is -0.464 e. The molecule has 0 spiro atoms. The molecule has 0 saturated heterocycles. The number of hydrogen-bond donors (Lipinski definition) is 1. The van der Waals surface area contributed by atoms with E-state index < -0.39 is 12.1 Å². The molecular weight excluding hydrogens is 378 g/mol. The third-order valence-corrected chi connectivity index (χ3v) is 5.09. The summed E-state index contributed by atoms with van der Waals surface area (Å²) in [7, 11) is 1.28. The maximum atomic E-state index is 12.2. The molecule has 0 aliphatic heterocycles. The molecule has 1 N–H and O–H groups in total. The maximum Gasteiger partial charge on any atom is 0.356 e. The monoisotopic (exact) mass is 397 g/mol. The van der Waals surface area contributed by atoms with Gasteiger partial charge in [0.2, 0.25) is 0 Å². The number of aliphatic hydroxyl groups is 1. The fourth-order valence-corrected chi connectivity index (χ4v) is 3.66. The number of aromatic nitrogens is 2. The smallest absolute Gasteiger partial charge is 0.356 e. The second kappa shape index (κ2) is 7.82. The maximum absolute atomic E-state index is 12.2. The lowest BCUT2D eigenvalue weighted by molar-refractivity contribution is 0.0593. The summed E-state index contributed by atoms with van der Waals surface area (Å²) < 4.78 is 6.88. The van der Waals surface area contributed by atoms with E-state index in [1.165, 1.54) is 7.11 Å². The first kappa shape index (κ1) is 19.4. The van der Waals surface area contributed by atoms with Crippen molar-refractivity contribution in [2.45, 2.75) is 12.6 Å². The van der Waals surface area contributed by atoms with Crippen LogP contribution in [0.2, 0.25) is 0 Å². The molecule has 30 heavy (non-hydrogen) atoms. The number of para-hydroxylation sites is 1. The molecule has 0 saturated carbocycles. The van der Waals surface area contributed by atoms with Crippen molar-refractivity contribution in [1.82, 2.24) is 9.55 Å². The fourth-order valence-electron chi connectivity index (χ4n) is 3.66. The second-order valence-electron chi connectivity index (χ2n) is 6.91. The van der Waals surface area contributed by atoms with E-state index in [1.54, 1.807) is 6.07 Å². The number of carbonyl (C=O) groups excluding carboxylic acids is 1. The molecule has 148 valence electrons. The molecule has 1 unspecified atom stereocenters. The highest BCUT2D eigenvalue weighted by atomic mass is 16.5. The number of fused-ring (bicyclic) bond motifs is 3. The molecule has 6 heteroatoms. The fraction of sp³-hybridized carbons (Fsp3) is 0.125. The van der Waals surface area contributed by atoms with Crippen LogP contribution < -0.4 is 0 Å². The molecule has 0 aliphatic carbocycles. The minimum absolute atomic E-state index is 0.0534. The zero-order valence-corrected chi connectivity index (χ0v) is 16.4. The van der Waals surface area contributed by atoms with E-state index in [1.807, 2.05) is 65.2 Å². The summed E-state index contributed by atoms with van der Waals surface area (Å²) in [6.45, 7) is 4.17. The largest absolute Gasteiger partial charge is 0.464 e.